The van der Waals surface area contributed by atoms with E-state index in [1.807, 2.05) is 6.07 Å². The predicted molar refractivity (Wildman–Crippen MR) is 107 cm³/mol. The van der Waals surface area contributed by atoms with Crippen LogP contribution in [0.5, 0.6) is 0 Å². The number of aromatic nitrogens is 1. The quantitative estimate of drug-likeness (QED) is 0.362. The van der Waals surface area contributed by atoms with E-state index in [-0.39, 0.29) is 24.0 Å². The van der Waals surface area contributed by atoms with E-state index in [9.17, 15) is 0 Å². The lowest BCUT2D eigenvalue weighted by Crippen LogP contribution is -2.46. The van der Waals surface area contributed by atoms with E-state index in [2.05, 4.69) is 34.6 Å². The summed E-state index contributed by atoms with van der Waals surface area (Å²) in [4.78, 5) is 4.29. The highest BCUT2D eigenvalue weighted by atomic mass is 127. The normalized spacial score (nSPS) is 16.5. The molecule has 0 amide bonds. The fourth-order valence-corrected chi connectivity index (χ4v) is 2.86. The van der Waals surface area contributed by atoms with Crippen LogP contribution in [0.2, 0.25) is 0 Å². The van der Waals surface area contributed by atoms with Crippen molar-refractivity contribution in [3.05, 3.63) is 17.5 Å². The Morgan fingerprint density at radius 3 is 2.67 bits per heavy atom. The lowest BCUT2D eigenvalue weighted by Gasteiger charge is -2.42. The number of halogens is 1. The Morgan fingerprint density at radius 2 is 2.17 bits per heavy atom. The second-order valence-electron chi connectivity index (χ2n) is 6.75. The maximum absolute atomic E-state index is 5.34. The van der Waals surface area contributed by atoms with Crippen LogP contribution in [0.4, 0.5) is 0 Å². The molecule has 0 radical (unpaired) electrons. The molecule has 1 aliphatic rings. The molecule has 2 rings (SSSR count). The summed E-state index contributed by atoms with van der Waals surface area (Å²) in [7, 11) is 3.56. The zero-order valence-electron chi connectivity index (χ0n) is 15.2. The number of guanidine groups is 1. The van der Waals surface area contributed by atoms with E-state index < -0.39 is 0 Å². The van der Waals surface area contributed by atoms with Crippen LogP contribution in [-0.4, -0.2) is 38.4 Å². The zero-order valence-corrected chi connectivity index (χ0v) is 17.6. The molecule has 1 saturated carbocycles. The van der Waals surface area contributed by atoms with E-state index in [4.69, 9.17) is 9.26 Å². The molecular formula is C17H31IN4O2. The number of rotatable bonds is 8. The molecule has 138 valence electrons. The SMILES string of the molecule is CN=C(NCc1cc(C(C)C)no1)NCC1(CCOC)CCC1.I. The number of aliphatic imine (C=N–C) groups is 1. The monoisotopic (exact) mass is 450 g/mol. The van der Waals surface area contributed by atoms with Gasteiger partial charge < -0.3 is 19.9 Å². The largest absolute Gasteiger partial charge is 0.385 e. The maximum Gasteiger partial charge on any atom is 0.191 e. The van der Waals surface area contributed by atoms with Crippen LogP contribution in [0.3, 0.4) is 0 Å². The molecule has 6 nitrogen and oxygen atoms in total. The molecular weight excluding hydrogens is 419 g/mol. The van der Waals surface area contributed by atoms with Crippen molar-refractivity contribution in [2.45, 2.75) is 52.0 Å². The Balaban J connectivity index is 0.00000288. The summed E-state index contributed by atoms with van der Waals surface area (Å²) in [5, 5.41) is 10.8. The zero-order chi connectivity index (χ0) is 16.7. The molecule has 1 fully saturated rings. The van der Waals surface area contributed by atoms with E-state index in [1.165, 1.54) is 19.3 Å². The van der Waals surface area contributed by atoms with Crippen molar-refractivity contribution in [1.29, 1.82) is 0 Å². The van der Waals surface area contributed by atoms with Crippen molar-refractivity contribution in [2.24, 2.45) is 10.4 Å². The smallest absolute Gasteiger partial charge is 0.191 e. The molecule has 0 bridgehead atoms. The van der Waals surface area contributed by atoms with Gasteiger partial charge in [-0.2, -0.15) is 0 Å². The molecule has 0 saturated heterocycles. The molecule has 7 heteroatoms. The van der Waals surface area contributed by atoms with Crippen LogP contribution in [0.15, 0.2) is 15.6 Å². The van der Waals surface area contributed by atoms with Crippen LogP contribution >= 0.6 is 24.0 Å². The summed E-state index contributed by atoms with van der Waals surface area (Å²) in [5.74, 6) is 2.01. The summed E-state index contributed by atoms with van der Waals surface area (Å²) >= 11 is 0. The molecule has 0 aromatic carbocycles. The van der Waals surface area contributed by atoms with Crippen LogP contribution in [0.1, 0.15) is 56.9 Å². The minimum Gasteiger partial charge on any atom is -0.385 e. The van der Waals surface area contributed by atoms with Gasteiger partial charge in [0.25, 0.3) is 0 Å². The number of nitrogens with one attached hydrogen (secondary N) is 2. The van der Waals surface area contributed by atoms with E-state index >= 15 is 0 Å². The van der Waals surface area contributed by atoms with E-state index in [0.717, 1.165) is 37.0 Å². The third-order valence-electron chi connectivity index (χ3n) is 4.70. The highest BCUT2D eigenvalue weighted by Crippen LogP contribution is 2.43. The first-order chi connectivity index (χ1) is 11.1. The summed E-state index contributed by atoms with van der Waals surface area (Å²) in [5.41, 5.74) is 1.35. The summed E-state index contributed by atoms with van der Waals surface area (Å²) in [6.07, 6.45) is 4.95. The van der Waals surface area contributed by atoms with Crippen molar-refractivity contribution in [3.8, 4) is 0 Å². The number of hydrogen-bond acceptors (Lipinski definition) is 4. The molecule has 1 aromatic rings. The highest BCUT2D eigenvalue weighted by molar-refractivity contribution is 14.0. The molecule has 0 spiro atoms. The fourth-order valence-electron chi connectivity index (χ4n) is 2.86. The average molecular weight is 450 g/mol. The Bertz CT molecular complexity index is 512. The first-order valence-corrected chi connectivity index (χ1v) is 8.47. The number of nitrogens with zero attached hydrogens (tertiary/aromatic N) is 2. The molecule has 2 N–H and O–H groups in total. The van der Waals surface area contributed by atoms with Crippen LogP contribution in [0.25, 0.3) is 0 Å². The molecule has 0 aliphatic heterocycles. The van der Waals surface area contributed by atoms with Gasteiger partial charge in [-0.05, 0) is 30.6 Å². The third-order valence-corrected chi connectivity index (χ3v) is 4.70. The summed E-state index contributed by atoms with van der Waals surface area (Å²) in [6.45, 7) is 6.55. The van der Waals surface area contributed by atoms with Crippen LogP contribution in [0, 0.1) is 5.41 Å². The minimum atomic E-state index is 0. The summed E-state index contributed by atoms with van der Waals surface area (Å²) in [6, 6.07) is 2.00. The lowest BCUT2D eigenvalue weighted by molar-refractivity contribution is 0.0732. The molecule has 1 aromatic heterocycles. The molecule has 1 aliphatic carbocycles. The first kappa shape index (κ1) is 21.2. The Hall–Kier alpha value is -0.830. The van der Waals surface area contributed by atoms with Gasteiger partial charge in [-0.15, -0.1) is 24.0 Å². The molecule has 1 heterocycles. The highest BCUT2D eigenvalue weighted by Gasteiger charge is 2.36. The maximum atomic E-state index is 5.34. The van der Waals surface area contributed by atoms with Gasteiger partial charge in [-0.1, -0.05) is 25.4 Å². The van der Waals surface area contributed by atoms with Crippen molar-refractivity contribution < 1.29 is 9.26 Å². The lowest BCUT2D eigenvalue weighted by atomic mass is 9.67. The van der Waals surface area contributed by atoms with Gasteiger partial charge in [0.2, 0.25) is 0 Å². The second-order valence-corrected chi connectivity index (χ2v) is 6.75. The van der Waals surface area contributed by atoms with E-state index in [0.29, 0.717) is 17.9 Å². The second kappa shape index (κ2) is 10.2. The molecule has 0 unspecified atom stereocenters. The van der Waals surface area contributed by atoms with Crippen molar-refractivity contribution >= 4 is 29.9 Å². The predicted octanol–water partition coefficient (Wildman–Crippen LogP) is 3.29. The number of hydrogen-bond donors (Lipinski definition) is 2. The van der Waals surface area contributed by atoms with E-state index in [1.54, 1.807) is 14.2 Å². The van der Waals surface area contributed by atoms with Gasteiger partial charge in [0.15, 0.2) is 11.7 Å². The fraction of sp³-hybridized carbons (Fsp3) is 0.765. The standard InChI is InChI=1S/C17H30N4O2.HI/c1-13(2)15-10-14(23-21-15)11-19-16(18-3)20-12-17(6-5-7-17)8-9-22-4;/h10,13H,5-9,11-12H2,1-4H3,(H2,18,19,20);1H. The molecule has 24 heavy (non-hydrogen) atoms. The Morgan fingerprint density at radius 1 is 1.42 bits per heavy atom. The number of methoxy groups -OCH3 is 1. The Labute approximate surface area is 162 Å². The first-order valence-electron chi connectivity index (χ1n) is 8.47. The van der Waals surface area contributed by atoms with Crippen LogP contribution in [-0.2, 0) is 11.3 Å². The summed E-state index contributed by atoms with van der Waals surface area (Å²) < 4.78 is 10.6. The van der Waals surface area contributed by atoms with Crippen LogP contribution < -0.4 is 10.6 Å². The van der Waals surface area contributed by atoms with Gasteiger partial charge in [0, 0.05) is 33.4 Å². The van der Waals surface area contributed by atoms with Crippen molar-refractivity contribution in [3.63, 3.8) is 0 Å². The Kier molecular flexibility index (Phi) is 9.04. The number of ether oxygens (including phenoxy) is 1. The van der Waals surface area contributed by atoms with Crippen molar-refractivity contribution in [1.82, 2.24) is 15.8 Å². The van der Waals surface area contributed by atoms with Gasteiger partial charge in [-0.3, -0.25) is 4.99 Å². The average Bonchev–Trinajstić information content (AvgIpc) is 2.98. The van der Waals surface area contributed by atoms with Gasteiger partial charge in [0.1, 0.15) is 0 Å². The minimum absolute atomic E-state index is 0. The van der Waals surface area contributed by atoms with Gasteiger partial charge in [0.05, 0.1) is 12.2 Å². The topological polar surface area (TPSA) is 71.7 Å². The molecule has 0 atom stereocenters. The van der Waals surface area contributed by atoms with Crippen molar-refractivity contribution in [2.75, 3.05) is 27.3 Å². The van der Waals surface area contributed by atoms with Gasteiger partial charge >= 0.3 is 0 Å². The van der Waals surface area contributed by atoms with Gasteiger partial charge in [-0.25, -0.2) is 0 Å². The third kappa shape index (κ3) is 5.91.